The highest BCUT2D eigenvalue weighted by Crippen LogP contribution is 2.17. The zero-order chi connectivity index (χ0) is 14.1. The van der Waals surface area contributed by atoms with Crippen LogP contribution in [0.15, 0.2) is 30.3 Å². The van der Waals surface area contributed by atoms with Crippen molar-refractivity contribution in [2.24, 2.45) is 5.73 Å². The van der Waals surface area contributed by atoms with E-state index < -0.39 is 0 Å². The standard InChI is InChI=1S/C15H25N3S/c1-3-5-12-17(13-6-4-2)18(15(16)19)14-10-8-7-9-11-14/h7-11H,3-6,12-13H2,1-2H3,(H2,16,19). The van der Waals surface area contributed by atoms with E-state index in [-0.39, 0.29) is 0 Å². The van der Waals surface area contributed by atoms with Gasteiger partial charge in [0.05, 0.1) is 5.69 Å². The summed E-state index contributed by atoms with van der Waals surface area (Å²) in [6.45, 7) is 6.38. The van der Waals surface area contributed by atoms with Gasteiger partial charge in [0.25, 0.3) is 0 Å². The van der Waals surface area contributed by atoms with Crippen molar-refractivity contribution in [3.63, 3.8) is 0 Å². The molecule has 0 saturated heterocycles. The summed E-state index contributed by atoms with van der Waals surface area (Å²) in [5.41, 5.74) is 6.97. The molecule has 2 N–H and O–H groups in total. The van der Waals surface area contributed by atoms with Gasteiger partial charge in [-0.3, -0.25) is 0 Å². The fourth-order valence-corrected chi connectivity index (χ4v) is 2.21. The first-order valence-electron chi connectivity index (χ1n) is 7.10. The largest absolute Gasteiger partial charge is 0.375 e. The van der Waals surface area contributed by atoms with Crippen molar-refractivity contribution in [3.05, 3.63) is 30.3 Å². The van der Waals surface area contributed by atoms with Gasteiger partial charge in [-0.1, -0.05) is 44.9 Å². The zero-order valence-electron chi connectivity index (χ0n) is 12.0. The molecule has 0 amide bonds. The van der Waals surface area contributed by atoms with Crippen LogP contribution in [-0.2, 0) is 0 Å². The Balaban J connectivity index is 2.88. The summed E-state index contributed by atoms with van der Waals surface area (Å²) >= 11 is 5.24. The molecule has 0 fully saturated rings. The number of para-hydroxylation sites is 1. The summed E-state index contributed by atoms with van der Waals surface area (Å²) in [6, 6.07) is 10.1. The van der Waals surface area contributed by atoms with E-state index in [1.165, 1.54) is 12.8 Å². The molecule has 0 unspecified atom stereocenters. The fraction of sp³-hybridized carbons (Fsp3) is 0.533. The van der Waals surface area contributed by atoms with Crippen LogP contribution in [0.3, 0.4) is 0 Å². The number of hydrazine groups is 1. The molecule has 0 radical (unpaired) electrons. The number of nitrogens with zero attached hydrogens (tertiary/aromatic N) is 2. The van der Waals surface area contributed by atoms with Crippen LogP contribution in [0.4, 0.5) is 5.69 Å². The second-order valence-electron chi connectivity index (χ2n) is 4.65. The molecule has 0 bridgehead atoms. The molecule has 3 nitrogen and oxygen atoms in total. The van der Waals surface area contributed by atoms with Gasteiger partial charge in [-0.25, -0.2) is 10.0 Å². The third-order valence-electron chi connectivity index (χ3n) is 3.03. The highest BCUT2D eigenvalue weighted by Gasteiger charge is 2.17. The Kier molecular flexibility index (Phi) is 7.45. The quantitative estimate of drug-likeness (QED) is 0.582. The maximum Gasteiger partial charge on any atom is 0.185 e. The molecule has 0 aromatic heterocycles. The molecule has 0 heterocycles. The predicted octanol–water partition coefficient (Wildman–Crippen LogP) is 3.55. The van der Waals surface area contributed by atoms with E-state index in [1.807, 2.05) is 35.3 Å². The Morgan fingerprint density at radius 1 is 1.05 bits per heavy atom. The molecule has 4 heteroatoms. The van der Waals surface area contributed by atoms with Gasteiger partial charge in [0.2, 0.25) is 0 Å². The third kappa shape index (κ3) is 5.17. The van der Waals surface area contributed by atoms with E-state index in [4.69, 9.17) is 18.0 Å². The highest BCUT2D eigenvalue weighted by atomic mass is 32.1. The lowest BCUT2D eigenvalue weighted by Crippen LogP contribution is -2.50. The number of anilines is 1. The first-order chi connectivity index (χ1) is 9.20. The lowest BCUT2D eigenvalue weighted by atomic mass is 10.3. The Labute approximate surface area is 122 Å². The summed E-state index contributed by atoms with van der Waals surface area (Å²) in [5, 5.41) is 4.66. The molecule has 1 aromatic carbocycles. The van der Waals surface area contributed by atoms with Crippen LogP contribution < -0.4 is 10.7 Å². The molecule has 0 atom stereocenters. The van der Waals surface area contributed by atoms with Gasteiger partial charge in [-0.2, -0.15) is 0 Å². The molecular weight excluding hydrogens is 254 g/mol. The summed E-state index contributed by atoms with van der Waals surface area (Å²) in [6.07, 6.45) is 4.64. The van der Waals surface area contributed by atoms with Crippen LogP contribution in [0.2, 0.25) is 0 Å². The molecule has 106 valence electrons. The minimum atomic E-state index is 0.415. The van der Waals surface area contributed by atoms with Gasteiger partial charge in [0, 0.05) is 13.1 Å². The van der Waals surface area contributed by atoms with Gasteiger partial charge in [0.1, 0.15) is 0 Å². The lowest BCUT2D eigenvalue weighted by molar-refractivity contribution is 0.276. The summed E-state index contributed by atoms with van der Waals surface area (Å²) < 4.78 is 0. The van der Waals surface area contributed by atoms with Crippen LogP contribution in [0.1, 0.15) is 39.5 Å². The molecule has 0 aliphatic carbocycles. The second kappa shape index (κ2) is 8.88. The van der Waals surface area contributed by atoms with Gasteiger partial charge in [-0.05, 0) is 37.2 Å². The van der Waals surface area contributed by atoms with Gasteiger partial charge in [-0.15, -0.1) is 0 Å². The topological polar surface area (TPSA) is 32.5 Å². The maximum absolute atomic E-state index is 5.93. The number of benzene rings is 1. The average Bonchev–Trinajstić information content (AvgIpc) is 2.42. The van der Waals surface area contributed by atoms with Crippen LogP contribution in [0.25, 0.3) is 0 Å². The van der Waals surface area contributed by atoms with Crippen molar-refractivity contribution in [3.8, 4) is 0 Å². The van der Waals surface area contributed by atoms with E-state index >= 15 is 0 Å². The summed E-state index contributed by atoms with van der Waals surface area (Å²) in [5.74, 6) is 0. The fourth-order valence-electron chi connectivity index (χ4n) is 1.99. The number of hydrogen-bond donors (Lipinski definition) is 1. The summed E-state index contributed by atoms with van der Waals surface area (Å²) in [4.78, 5) is 0. The van der Waals surface area contributed by atoms with Crippen LogP contribution in [0, 0.1) is 0 Å². The smallest absolute Gasteiger partial charge is 0.185 e. The third-order valence-corrected chi connectivity index (χ3v) is 3.20. The van der Waals surface area contributed by atoms with E-state index in [0.717, 1.165) is 31.6 Å². The van der Waals surface area contributed by atoms with Crippen LogP contribution in [0.5, 0.6) is 0 Å². The van der Waals surface area contributed by atoms with E-state index in [0.29, 0.717) is 5.11 Å². The predicted molar refractivity (Wildman–Crippen MR) is 87.1 cm³/mol. The Morgan fingerprint density at radius 3 is 2.00 bits per heavy atom. The van der Waals surface area contributed by atoms with Crippen molar-refractivity contribution in [2.45, 2.75) is 39.5 Å². The second-order valence-corrected chi connectivity index (χ2v) is 5.06. The van der Waals surface area contributed by atoms with Crippen LogP contribution >= 0.6 is 12.2 Å². The molecule has 19 heavy (non-hydrogen) atoms. The lowest BCUT2D eigenvalue weighted by Gasteiger charge is -2.35. The summed E-state index contributed by atoms with van der Waals surface area (Å²) in [7, 11) is 0. The van der Waals surface area contributed by atoms with Crippen molar-refractivity contribution in [2.75, 3.05) is 18.1 Å². The highest BCUT2D eigenvalue weighted by molar-refractivity contribution is 7.80. The molecule has 0 aliphatic heterocycles. The van der Waals surface area contributed by atoms with Crippen LogP contribution in [-0.4, -0.2) is 23.2 Å². The molecule has 1 rings (SSSR count). The van der Waals surface area contributed by atoms with Crippen molar-refractivity contribution < 1.29 is 0 Å². The monoisotopic (exact) mass is 279 g/mol. The Morgan fingerprint density at radius 2 is 1.58 bits per heavy atom. The molecule has 0 saturated carbocycles. The Hall–Kier alpha value is -1.13. The number of rotatable bonds is 8. The number of unbranched alkanes of at least 4 members (excludes halogenated alkanes) is 2. The minimum absolute atomic E-state index is 0.415. The van der Waals surface area contributed by atoms with Crippen molar-refractivity contribution in [1.29, 1.82) is 0 Å². The zero-order valence-corrected chi connectivity index (χ0v) is 12.8. The number of nitrogens with two attached hydrogens (primary N) is 1. The maximum atomic E-state index is 5.93. The van der Waals surface area contributed by atoms with Gasteiger partial charge >= 0.3 is 0 Å². The van der Waals surface area contributed by atoms with Gasteiger partial charge in [0.15, 0.2) is 5.11 Å². The number of thiocarbonyl (C=S) groups is 1. The molecule has 0 aliphatic rings. The van der Waals surface area contributed by atoms with E-state index in [9.17, 15) is 0 Å². The first-order valence-corrected chi connectivity index (χ1v) is 7.51. The number of hydrogen-bond acceptors (Lipinski definition) is 2. The van der Waals surface area contributed by atoms with E-state index in [1.54, 1.807) is 0 Å². The minimum Gasteiger partial charge on any atom is -0.375 e. The molecule has 0 spiro atoms. The van der Waals surface area contributed by atoms with Crippen molar-refractivity contribution in [1.82, 2.24) is 5.01 Å². The first kappa shape index (κ1) is 15.9. The SMILES string of the molecule is CCCCN(CCCC)N(C(N)=S)c1ccccc1. The average molecular weight is 279 g/mol. The molecular formula is C15H25N3S. The normalized spacial score (nSPS) is 10.7. The van der Waals surface area contributed by atoms with Gasteiger partial charge < -0.3 is 5.73 Å². The molecule has 1 aromatic rings. The van der Waals surface area contributed by atoms with E-state index in [2.05, 4.69) is 18.9 Å². The van der Waals surface area contributed by atoms with Crippen molar-refractivity contribution >= 4 is 23.0 Å². The Bertz CT molecular complexity index is 359.